The van der Waals surface area contributed by atoms with E-state index in [0.717, 1.165) is 11.3 Å². The summed E-state index contributed by atoms with van der Waals surface area (Å²) in [5.41, 5.74) is 0.727. The van der Waals surface area contributed by atoms with Crippen molar-refractivity contribution < 1.29 is 23.9 Å². The minimum atomic E-state index is -0.678. The molecule has 4 rings (SSSR count). The van der Waals surface area contributed by atoms with Crippen molar-refractivity contribution >= 4 is 81.5 Å². The second-order valence-corrected chi connectivity index (χ2v) is 9.83. The Balaban J connectivity index is 1.58. The third-order valence-corrected chi connectivity index (χ3v) is 7.21. The van der Waals surface area contributed by atoms with Crippen molar-refractivity contribution in [1.82, 2.24) is 14.5 Å². The second kappa shape index (κ2) is 12.3. The van der Waals surface area contributed by atoms with Gasteiger partial charge < -0.3 is 24.7 Å². The van der Waals surface area contributed by atoms with Crippen molar-refractivity contribution in [3.8, 4) is 5.75 Å². The first-order valence-corrected chi connectivity index (χ1v) is 12.9. The third-order valence-electron chi connectivity index (χ3n) is 5.20. The van der Waals surface area contributed by atoms with Crippen LogP contribution in [0.2, 0.25) is 15.1 Å². The first-order valence-electron chi connectivity index (χ1n) is 10.9. The first-order chi connectivity index (χ1) is 18.7. The molecule has 0 radical (unpaired) electrons. The first kappa shape index (κ1) is 28.2. The number of carbonyl (C=O) groups is 3. The molecule has 202 valence electrons. The van der Waals surface area contributed by atoms with E-state index in [1.165, 1.54) is 44.8 Å². The van der Waals surface area contributed by atoms with E-state index >= 15 is 0 Å². The number of halogens is 3. The van der Waals surface area contributed by atoms with Crippen LogP contribution < -0.4 is 20.7 Å². The average Bonchev–Trinajstić information content (AvgIpc) is 3.51. The summed E-state index contributed by atoms with van der Waals surface area (Å²) < 4.78 is 11.6. The molecular weight excluding hydrogens is 591 g/mol. The summed E-state index contributed by atoms with van der Waals surface area (Å²) >= 11 is 19.7. The van der Waals surface area contributed by atoms with Crippen LogP contribution in [0.25, 0.3) is 0 Å². The molecule has 0 atom stereocenters. The number of amides is 3. The number of methoxy groups -OCH3 is 2. The number of hydrogen-bond donors (Lipinski definition) is 3. The maximum Gasteiger partial charge on any atom is 0.413 e. The lowest BCUT2D eigenvalue weighted by atomic mass is 10.1. The highest BCUT2D eigenvalue weighted by Crippen LogP contribution is 2.35. The molecule has 0 fully saturated rings. The molecule has 3 amide bonds. The van der Waals surface area contributed by atoms with Crippen LogP contribution in [0.4, 0.5) is 22.2 Å². The SMILES string of the molecule is COC(=O)Nc1nccn1Cc1csc(C(=O)Nc2c(OC)cc(Cl)cc2C(=O)Nc2ccc(Cl)cn2)c1Cl. The Morgan fingerprint density at radius 2 is 1.79 bits per heavy atom. The zero-order valence-corrected chi connectivity index (χ0v) is 23.3. The van der Waals surface area contributed by atoms with Crippen LogP contribution in [0.1, 0.15) is 25.6 Å². The third kappa shape index (κ3) is 6.60. The molecule has 0 saturated heterocycles. The number of aromatic nitrogens is 3. The highest BCUT2D eigenvalue weighted by atomic mass is 35.5. The summed E-state index contributed by atoms with van der Waals surface area (Å²) in [4.78, 5) is 46.3. The lowest BCUT2D eigenvalue weighted by molar-refractivity contribution is 0.102. The fourth-order valence-electron chi connectivity index (χ4n) is 3.38. The number of anilines is 3. The standard InChI is InChI=1S/C24H19Cl3N6O5S/c1-37-16-8-14(26)7-15(21(34)30-17-4-3-13(25)9-29-17)19(16)31-22(35)20-18(27)12(11-39-20)10-33-6-5-28-23(33)32-24(36)38-2/h3-9,11H,10H2,1-2H3,(H,31,35)(H,28,32,36)(H,29,30,34). The van der Waals surface area contributed by atoms with Crippen LogP contribution in [-0.4, -0.2) is 46.7 Å². The second-order valence-electron chi connectivity index (χ2n) is 7.70. The Labute approximate surface area is 241 Å². The molecule has 11 nitrogen and oxygen atoms in total. The van der Waals surface area contributed by atoms with Crippen LogP contribution in [0.5, 0.6) is 5.75 Å². The lowest BCUT2D eigenvalue weighted by Crippen LogP contribution is -2.19. The summed E-state index contributed by atoms with van der Waals surface area (Å²) in [6.45, 7) is 0.216. The van der Waals surface area contributed by atoms with Gasteiger partial charge in [0.25, 0.3) is 11.8 Å². The number of rotatable bonds is 8. The van der Waals surface area contributed by atoms with Gasteiger partial charge in [0.15, 0.2) is 0 Å². The number of ether oxygens (including phenoxy) is 2. The van der Waals surface area contributed by atoms with Gasteiger partial charge in [-0.25, -0.2) is 14.8 Å². The fourth-order valence-corrected chi connectivity index (χ4v) is 4.94. The van der Waals surface area contributed by atoms with Crippen molar-refractivity contribution in [2.24, 2.45) is 0 Å². The topological polar surface area (TPSA) is 136 Å². The maximum absolute atomic E-state index is 13.3. The molecule has 0 spiro atoms. The summed E-state index contributed by atoms with van der Waals surface area (Å²) in [7, 11) is 2.62. The molecule has 0 aliphatic heterocycles. The monoisotopic (exact) mass is 608 g/mol. The molecule has 0 saturated carbocycles. The average molecular weight is 610 g/mol. The molecule has 0 aliphatic rings. The molecule has 0 bridgehead atoms. The number of imidazole rings is 1. The molecule has 0 unspecified atom stereocenters. The van der Waals surface area contributed by atoms with Crippen molar-refractivity contribution in [2.45, 2.75) is 6.54 Å². The molecule has 3 heterocycles. The van der Waals surface area contributed by atoms with Crippen molar-refractivity contribution in [2.75, 3.05) is 30.2 Å². The Hall–Kier alpha value is -3.84. The highest BCUT2D eigenvalue weighted by Gasteiger charge is 2.24. The van der Waals surface area contributed by atoms with Gasteiger partial charge in [-0.3, -0.25) is 14.9 Å². The Bertz CT molecular complexity index is 1540. The minimum absolute atomic E-state index is 0.0364. The maximum atomic E-state index is 13.3. The Morgan fingerprint density at radius 3 is 2.49 bits per heavy atom. The van der Waals surface area contributed by atoms with Gasteiger partial charge in [-0.2, -0.15) is 0 Å². The smallest absolute Gasteiger partial charge is 0.413 e. The van der Waals surface area contributed by atoms with Crippen LogP contribution in [0.15, 0.2) is 48.2 Å². The Kier molecular flexibility index (Phi) is 8.92. The van der Waals surface area contributed by atoms with Crippen LogP contribution >= 0.6 is 46.1 Å². The fraction of sp³-hybridized carbons (Fsp3) is 0.125. The number of nitrogens with one attached hydrogen (secondary N) is 3. The molecule has 1 aromatic carbocycles. The molecule has 3 N–H and O–H groups in total. The molecule has 15 heteroatoms. The molecule has 0 aliphatic carbocycles. The van der Waals surface area contributed by atoms with E-state index in [1.54, 1.807) is 22.2 Å². The van der Waals surface area contributed by atoms with Crippen LogP contribution in [-0.2, 0) is 11.3 Å². The van der Waals surface area contributed by atoms with Crippen molar-refractivity contribution in [1.29, 1.82) is 0 Å². The zero-order valence-electron chi connectivity index (χ0n) is 20.3. The van der Waals surface area contributed by atoms with Gasteiger partial charge in [-0.05, 0) is 23.6 Å². The molecule has 3 aromatic heterocycles. The summed E-state index contributed by atoms with van der Waals surface area (Å²) in [6.07, 6.45) is 3.84. The van der Waals surface area contributed by atoms with Gasteiger partial charge >= 0.3 is 6.09 Å². The van der Waals surface area contributed by atoms with E-state index in [2.05, 4.69) is 30.7 Å². The van der Waals surface area contributed by atoms with Gasteiger partial charge in [0.2, 0.25) is 5.95 Å². The normalized spacial score (nSPS) is 10.6. The highest BCUT2D eigenvalue weighted by molar-refractivity contribution is 7.13. The van der Waals surface area contributed by atoms with Gasteiger partial charge in [0, 0.05) is 35.2 Å². The van der Waals surface area contributed by atoms with Crippen molar-refractivity contribution in [3.63, 3.8) is 0 Å². The van der Waals surface area contributed by atoms with E-state index in [1.807, 2.05) is 0 Å². The number of pyridine rings is 1. The number of benzene rings is 1. The van der Waals surface area contributed by atoms with Gasteiger partial charge in [0.05, 0.1) is 42.1 Å². The summed E-state index contributed by atoms with van der Waals surface area (Å²) in [5, 5.41) is 10.4. The minimum Gasteiger partial charge on any atom is -0.494 e. The number of nitrogens with zero attached hydrogens (tertiary/aromatic N) is 3. The van der Waals surface area contributed by atoms with E-state index < -0.39 is 17.9 Å². The molecule has 4 aromatic rings. The van der Waals surface area contributed by atoms with Gasteiger partial charge in [0.1, 0.15) is 16.4 Å². The van der Waals surface area contributed by atoms with E-state index in [-0.39, 0.29) is 50.2 Å². The predicted molar refractivity (Wildman–Crippen MR) is 150 cm³/mol. The zero-order chi connectivity index (χ0) is 28.1. The van der Waals surface area contributed by atoms with Crippen LogP contribution in [0, 0.1) is 0 Å². The van der Waals surface area contributed by atoms with Gasteiger partial charge in [-0.1, -0.05) is 34.8 Å². The van der Waals surface area contributed by atoms with E-state index in [9.17, 15) is 14.4 Å². The lowest BCUT2D eigenvalue weighted by Gasteiger charge is -2.15. The van der Waals surface area contributed by atoms with Crippen molar-refractivity contribution in [3.05, 3.63) is 79.3 Å². The largest absolute Gasteiger partial charge is 0.494 e. The number of carbonyl (C=O) groups excluding carboxylic acids is 3. The van der Waals surface area contributed by atoms with Gasteiger partial charge in [-0.15, -0.1) is 11.3 Å². The van der Waals surface area contributed by atoms with E-state index in [0.29, 0.717) is 10.6 Å². The van der Waals surface area contributed by atoms with E-state index in [4.69, 9.17) is 39.5 Å². The number of thiophene rings is 1. The summed E-state index contributed by atoms with van der Waals surface area (Å²) in [6, 6.07) is 5.95. The van der Waals surface area contributed by atoms with Crippen LogP contribution in [0.3, 0.4) is 0 Å². The molecular formula is C24H19Cl3N6O5S. The molecule has 39 heavy (non-hydrogen) atoms. The Morgan fingerprint density at radius 1 is 1.00 bits per heavy atom. The quantitative estimate of drug-likeness (QED) is 0.222. The predicted octanol–water partition coefficient (Wildman–Crippen LogP) is 6.04. The number of hydrogen-bond acceptors (Lipinski definition) is 8. The summed E-state index contributed by atoms with van der Waals surface area (Å²) in [5.74, 6) is -0.521.